The quantitative estimate of drug-likeness (QED) is 0.0318. The summed E-state index contributed by atoms with van der Waals surface area (Å²) < 4.78 is 22.7. The van der Waals surface area contributed by atoms with Gasteiger partial charge in [-0.05, 0) is 64.2 Å². The molecule has 0 aromatic rings. The maximum absolute atomic E-state index is 12.7. The largest absolute Gasteiger partial charge is 0.457 e. The number of aliphatic hydroxyl groups excluding tert-OH is 4. The Morgan fingerprint density at radius 3 is 1.86 bits per heavy atom. The number of hydrogen-bond donors (Lipinski definition) is 4. The van der Waals surface area contributed by atoms with Gasteiger partial charge in [-0.1, -0.05) is 115 Å². The molecule has 0 aromatic carbocycles. The first-order chi connectivity index (χ1) is 23.9. The van der Waals surface area contributed by atoms with Gasteiger partial charge in [0.25, 0.3) is 0 Å². The minimum Gasteiger partial charge on any atom is -0.457 e. The SMILES string of the molecule is CCC/C=C\CCCCCCCC(=O)OC(COCCCCCCCC/C=C\C/C=C\CCCCC)COC1OC(CO)C(O)C(O)C1O. The Labute approximate surface area is 298 Å². The Morgan fingerprint density at radius 2 is 1.22 bits per heavy atom. The summed E-state index contributed by atoms with van der Waals surface area (Å²) >= 11 is 0. The minimum atomic E-state index is -1.54. The van der Waals surface area contributed by atoms with Crippen LogP contribution in [0.4, 0.5) is 0 Å². The monoisotopic (exact) mass is 697 g/mol. The fourth-order valence-corrected chi connectivity index (χ4v) is 5.64. The molecule has 1 fully saturated rings. The van der Waals surface area contributed by atoms with E-state index in [0.29, 0.717) is 13.0 Å². The van der Waals surface area contributed by atoms with Crippen molar-refractivity contribution in [1.82, 2.24) is 0 Å². The van der Waals surface area contributed by atoms with Crippen molar-refractivity contribution < 1.29 is 44.2 Å². The van der Waals surface area contributed by atoms with E-state index in [1.54, 1.807) is 0 Å². The first-order valence-corrected chi connectivity index (χ1v) is 19.6. The van der Waals surface area contributed by atoms with Crippen LogP contribution < -0.4 is 0 Å². The molecule has 6 unspecified atom stereocenters. The maximum atomic E-state index is 12.7. The fraction of sp³-hybridized carbons (Fsp3) is 0.825. The Hall–Kier alpha value is -1.59. The molecular weight excluding hydrogens is 624 g/mol. The molecule has 1 rings (SSSR count). The van der Waals surface area contributed by atoms with E-state index in [0.717, 1.165) is 77.0 Å². The van der Waals surface area contributed by atoms with E-state index >= 15 is 0 Å². The standard InChI is InChI=1S/C40H72O9/c1-3-5-7-9-11-13-15-16-17-18-19-20-22-24-26-28-30-46-32-34(33-47-40-39(45)38(44)37(43)35(31-41)49-40)48-36(42)29-27-25-23-21-14-12-10-8-6-4-2/h8,10-11,13,16-17,34-35,37-41,43-45H,3-7,9,12,14-15,18-33H2,1-2H3/b10-8-,13-11-,17-16-. The molecule has 1 saturated heterocycles. The second-order valence-corrected chi connectivity index (χ2v) is 13.4. The molecule has 0 saturated carbocycles. The van der Waals surface area contributed by atoms with Crippen molar-refractivity contribution in [3.05, 3.63) is 36.5 Å². The molecule has 1 aliphatic heterocycles. The van der Waals surface area contributed by atoms with E-state index in [4.69, 9.17) is 18.9 Å². The Balaban J connectivity index is 2.32. The average molecular weight is 697 g/mol. The molecule has 49 heavy (non-hydrogen) atoms. The van der Waals surface area contributed by atoms with E-state index in [2.05, 4.69) is 50.3 Å². The number of allylic oxidation sites excluding steroid dienone is 6. The van der Waals surface area contributed by atoms with Gasteiger partial charge in [0.05, 0.1) is 19.8 Å². The Bertz CT molecular complexity index is 844. The van der Waals surface area contributed by atoms with Gasteiger partial charge in [-0.2, -0.15) is 0 Å². The van der Waals surface area contributed by atoms with Crippen LogP contribution in [-0.2, 0) is 23.7 Å². The lowest BCUT2D eigenvalue weighted by atomic mass is 9.99. The van der Waals surface area contributed by atoms with Crippen LogP contribution in [0.1, 0.15) is 149 Å². The highest BCUT2D eigenvalue weighted by molar-refractivity contribution is 5.69. The van der Waals surface area contributed by atoms with Crippen LogP contribution in [0.25, 0.3) is 0 Å². The second-order valence-electron chi connectivity index (χ2n) is 13.4. The van der Waals surface area contributed by atoms with Gasteiger partial charge < -0.3 is 39.4 Å². The van der Waals surface area contributed by atoms with Crippen molar-refractivity contribution in [2.24, 2.45) is 0 Å². The molecule has 1 heterocycles. The third-order valence-corrected chi connectivity index (χ3v) is 8.76. The fourth-order valence-electron chi connectivity index (χ4n) is 5.64. The Kier molecular flexibility index (Phi) is 30.0. The summed E-state index contributed by atoms with van der Waals surface area (Å²) in [7, 11) is 0. The van der Waals surface area contributed by atoms with Crippen molar-refractivity contribution in [1.29, 1.82) is 0 Å². The lowest BCUT2D eigenvalue weighted by molar-refractivity contribution is -0.305. The normalized spacial score (nSPS) is 22.1. The van der Waals surface area contributed by atoms with Crippen LogP contribution in [0.2, 0.25) is 0 Å². The number of esters is 1. The van der Waals surface area contributed by atoms with Crippen LogP contribution in [0, 0.1) is 0 Å². The topological polar surface area (TPSA) is 135 Å². The average Bonchev–Trinajstić information content (AvgIpc) is 3.10. The third-order valence-electron chi connectivity index (χ3n) is 8.76. The summed E-state index contributed by atoms with van der Waals surface area (Å²) in [6.07, 6.45) is 28.9. The molecule has 0 bridgehead atoms. The number of rotatable bonds is 32. The zero-order chi connectivity index (χ0) is 35.8. The Morgan fingerprint density at radius 1 is 0.653 bits per heavy atom. The molecule has 9 heteroatoms. The number of carbonyl (C=O) groups is 1. The molecule has 286 valence electrons. The summed E-state index contributed by atoms with van der Waals surface area (Å²) in [4.78, 5) is 12.7. The molecular formula is C40H72O9. The van der Waals surface area contributed by atoms with Crippen LogP contribution in [-0.4, -0.2) is 89.6 Å². The van der Waals surface area contributed by atoms with Crippen molar-refractivity contribution in [2.45, 2.75) is 185 Å². The van der Waals surface area contributed by atoms with E-state index in [1.807, 2.05) is 0 Å². The lowest BCUT2D eigenvalue weighted by Crippen LogP contribution is -2.59. The van der Waals surface area contributed by atoms with Crippen LogP contribution in [0.15, 0.2) is 36.5 Å². The minimum absolute atomic E-state index is 0.121. The number of carbonyl (C=O) groups excluding carboxylic acids is 1. The van der Waals surface area contributed by atoms with E-state index in [-0.39, 0.29) is 19.2 Å². The summed E-state index contributed by atoms with van der Waals surface area (Å²) in [5.74, 6) is -0.331. The highest BCUT2D eigenvalue weighted by atomic mass is 16.7. The summed E-state index contributed by atoms with van der Waals surface area (Å²) in [6, 6.07) is 0. The molecule has 0 radical (unpaired) electrons. The molecule has 9 nitrogen and oxygen atoms in total. The maximum Gasteiger partial charge on any atom is 0.306 e. The first-order valence-electron chi connectivity index (χ1n) is 19.6. The molecule has 0 aliphatic carbocycles. The van der Waals surface area contributed by atoms with Gasteiger partial charge in [0.15, 0.2) is 6.29 Å². The molecule has 4 N–H and O–H groups in total. The molecule has 0 aromatic heterocycles. The van der Waals surface area contributed by atoms with Crippen molar-refractivity contribution in [3.63, 3.8) is 0 Å². The zero-order valence-electron chi connectivity index (χ0n) is 30.9. The van der Waals surface area contributed by atoms with E-state index in [9.17, 15) is 25.2 Å². The van der Waals surface area contributed by atoms with Crippen molar-refractivity contribution in [3.8, 4) is 0 Å². The van der Waals surface area contributed by atoms with Crippen LogP contribution >= 0.6 is 0 Å². The molecule has 6 atom stereocenters. The highest BCUT2D eigenvalue weighted by Gasteiger charge is 2.44. The van der Waals surface area contributed by atoms with E-state index in [1.165, 1.54) is 51.4 Å². The van der Waals surface area contributed by atoms with Gasteiger partial charge in [-0.25, -0.2) is 0 Å². The smallest absolute Gasteiger partial charge is 0.306 e. The van der Waals surface area contributed by atoms with Crippen molar-refractivity contribution in [2.75, 3.05) is 26.4 Å². The van der Waals surface area contributed by atoms with E-state index < -0.39 is 43.4 Å². The van der Waals surface area contributed by atoms with Gasteiger partial charge >= 0.3 is 5.97 Å². The van der Waals surface area contributed by atoms with Crippen LogP contribution in [0.3, 0.4) is 0 Å². The van der Waals surface area contributed by atoms with Crippen LogP contribution in [0.5, 0.6) is 0 Å². The molecule has 1 aliphatic rings. The highest BCUT2D eigenvalue weighted by Crippen LogP contribution is 2.22. The molecule has 0 spiro atoms. The summed E-state index contributed by atoms with van der Waals surface area (Å²) in [5, 5.41) is 39.9. The second kappa shape index (κ2) is 32.3. The summed E-state index contributed by atoms with van der Waals surface area (Å²) in [5.41, 5.74) is 0. The molecule has 0 amide bonds. The van der Waals surface area contributed by atoms with Gasteiger partial charge in [-0.3, -0.25) is 4.79 Å². The first kappa shape index (κ1) is 45.4. The third kappa shape index (κ3) is 24.3. The van der Waals surface area contributed by atoms with Crippen molar-refractivity contribution >= 4 is 5.97 Å². The summed E-state index contributed by atoms with van der Waals surface area (Å²) in [6.45, 7) is 4.42. The van der Waals surface area contributed by atoms with Gasteiger partial charge in [0.2, 0.25) is 0 Å². The lowest BCUT2D eigenvalue weighted by Gasteiger charge is -2.39. The van der Waals surface area contributed by atoms with Gasteiger partial charge in [0.1, 0.15) is 30.5 Å². The number of unbranched alkanes of at least 4 members (excludes halogenated alkanes) is 15. The number of aliphatic hydroxyl groups is 4. The predicted molar refractivity (Wildman–Crippen MR) is 196 cm³/mol. The number of ether oxygens (including phenoxy) is 4. The zero-order valence-corrected chi connectivity index (χ0v) is 30.9. The predicted octanol–water partition coefficient (Wildman–Crippen LogP) is 7.63. The van der Waals surface area contributed by atoms with Gasteiger partial charge in [-0.15, -0.1) is 0 Å². The van der Waals surface area contributed by atoms with Gasteiger partial charge in [0, 0.05) is 13.0 Å². The number of hydrogen-bond acceptors (Lipinski definition) is 9.